The van der Waals surface area contributed by atoms with Crippen LogP contribution in [-0.4, -0.2) is 16.1 Å². The molecular weight excluding hydrogens is 320 g/mol. The van der Waals surface area contributed by atoms with E-state index in [1.807, 2.05) is 30.3 Å². The summed E-state index contributed by atoms with van der Waals surface area (Å²) in [7, 11) is 0. The summed E-state index contributed by atoms with van der Waals surface area (Å²) in [5.41, 5.74) is 5.19. The molecule has 0 amide bonds. The van der Waals surface area contributed by atoms with Crippen LogP contribution in [0.1, 0.15) is 31.2 Å². The van der Waals surface area contributed by atoms with Gasteiger partial charge in [0.2, 0.25) is 0 Å². The number of fused-ring (bicyclic) bond motifs is 1. The topological polar surface area (TPSA) is 48.0 Å². The van der Waals surface area contributed by atoms with Gasteiger partial charge in [-0.15, -0.1) is 0 Å². The van der Waals surface area contributed by atoms with E-state index in [9.17, 15) is 5.11 Å². The van der Waals surface area contributed by atoms with Crippen LogP contribution in [-0.2, 0) is 6.61 Å². The second-order valence-corrected chi connectivity index (χ2v) is 7.02. The summed E-state index contributed by atoms with van der Waals surface area (Å²) in [5, 5.41) is 14.9. The lowest BCUT2D eigenvalue weighted by Crippen LogP contribution is -2.14. The highest BCUT2D eigenvalue weighted by molar-refractivity contribution is 6.32. The van der Waals surface area contributed by atoms with E-state index in [0.29, 0.717) is 6.04 Å². The van der Waals surface area contributed by atoms with Crippen LogP contribution in [0, 0.1) is 0 Å². The molecule has 24 heavy (non-hydrogen) atoms. The zero-order valence-electron chi connectivity index (χ0n) is 13.5. The first-order chi connectivity index (χ1) is 11.7. The molecule has 3 nitrogen and oxygen atoms in total. The van der Waals surface area contributed by atoms with Gasteiger partial charge in [0.25, 0.3) is 0 Å². The molecule has 0 saturated heterocycles. The van der Waals surface area contributed by atoms with Gasteiger partial charge in [0.1, 0.15) is 0 Å². The average Bonchev–Trinajstić information content (AvgIpc) is 3.24. The van der Waals surface area contributed by atoms with Crippen molar-refractivity contribution in [2.45, 2.75) is 38.3 Å². The monoisotopic (exact) mass is 340 g/mol. The van der Waals surface area contributed by atoms with E-state index < -0.39 is 0 Å². The van der Waals surface area contributed by atoms with Crippen molar-refractivity contribution in [2.24, 2.45) is 0 Å². The Morgan fingerprint density at radius 1 is 1.12 bits per heavy atom. The van der Waals surface area contributed by atoms with E-state index >= 15 is 0 Å². The van der Waals surface area contributed by atoms with Crippen molar-refractivity contribution >= 4 is 28.2 Å². The molecule has 1 aliphatic rings. The number of hydrogen-bond donors (Lipinski definition) is 3. The minimum Gasteiger partial charge on any atom is -0.392 e. The Hall–Kier alpha value is -1.97. The molecule has 0 unspecified atom stereocenters. The fourth-order valence-electron chi connectivity index (χ4n) is 3.60. The number of rotatable bonds is 4. The number of aliphatic hydroxyl groups is 1. The number of aromatic amines is 1. The van der Waals surface area contributed by atoms with Crippen molar-refractivity contribution in [1.29, 1.82) is 0 Å². The van der Waals surface area contributed by atoms with Gasteiger partial charge >= 0.3 is 0 Å². The van der Waals surface area contributed by atoms with Crippen LogP contribution in [0.15, 0.2) is 42.5 Å². The normalized spacial score (nSPS) is 15.2. The smallest absolute Gasteiger partial charge is 0.0695 e. The van der Waals surface area contributed by atoms with Gasteiger partial charge in [0, 0.05) is 22.1 Å². The molecule has 4 rings (SSSR count). The first kappa shape index (κ1) is 15.6. The molecule has 1 saturated carbocycles. The molecular formula is C20H21ClN2O. The fraction of sp³-hybridized carbons (Fsp3) is 0.300. The lowest BCUT2D eigenvalue weighted by molar-refractivity contribution is 0.282. The average molecular weight is 341 g/mol. The quantitative estimate of drug-likeness (QED) is 0.600. The summed E-state index contributed by atoms with van der Waals surface area (Å²) in [6, 6.07) is 14.6. The number of aliphatic hydroxyl groups excluding tert-OH is 1. The second-order valence-electron chi connectivity index (χ2n) is 6.58. The highest BCUT2D eigenvalue weighted by atomic mass is 35.5. The van der Waals surface area contributed by atoms with E-state index in [1.165, 1.54) is 25.7 Å². The summed E-state index contributed by atoms with van der Waals surface area (Å²) < 4.78 is 0. The lowest BCUT2D eigenvalue weighted by Gasteiger charge is -2.14. The minimum atomic E-state index is 0.0500. The number of anilines is 1. The number of hydrogen-bond acceptors (Lipinski definition) is 2. The zero-order valence-corrected chi connectivity index (χ0v) is 14.2. The van der Waals surface area contributed by atoms with Crippen LogP contribution < -0.4 is 5.32 Å². The van der Waals surface area contributed by atoms with E-state index in [0.717, 1.165) is 38.4 Å². The maximum atomic E-state index is 9.35. The number of halogens is 1. The molecule has 1 heterocycles. The van der Waals surface area contributed by atoms with Crippen LogP contribution >= 0.6 is 11.6 Å². The van der Waals surface area contributed by atoms with Crippen molar-refractivity contribution < 1.29 is 5.11 Å². The maximum absolute atomic E-state index is 9.35. The van der Waals surface area contributed by atoms with Gasteiger partial charge in [-0.3, -0.25) is 0 Å². The van der Waals surface area contributed by atoms with Gasteiger partial charge in [0.15, 0.2) is 0 Å². The fourth-order valence-corrected chi connectivity index (χ4v) is 3.83. The summed E-state index contributed by atoms with van der Waals surface area (Å²) in [6.07, 6.45) is 5.04. The number of nitrogens with one attached hydrogen (secondary N) is 2. The van der Waals surface area contributed by atoms with Crippen LogP contribution in [0.5, 0.6) is 0 Å². The Bertz CT molecular complexity index is 865. The number of benzene rings is 2. The lowest BCUT2D eigenvalue weighted by atomic mass is 10.1. The van der Waals surface area contributed by atoms with Crippen LogP contribution in [0.2, 0.25) is 5.02 Å². The molecule has 0 spiro atoms. The van der Waals surface area contributed by atoms with Gasteiger partial charge in [-0.2, -0.15) is 0 Å². The van der Waals surface area contributed by atoms with Gasteiger partial charge in [-0.05, 0) is 48.2 Å². The van der Waals surface area contributed by atoms with E-state index in [-0.39, 0.29) is 6.61 Å². The SMILES string of the molecule is OCc1cccc(-c2cc3cc(Cl)cc(NC4CCCC4)c3[nH]2)c1. The predicted molar refractivity (Wildman–Crippen MR) is 101 cm³/mol. The highest BCUT2D eigenvalue weighted by Crippen LogP contribution is 2.34. The summed E-state index contributed by atoms with van der Waals surface area (Å²) >= 11 is 6.33. The first-order valence-electron chi connectivity index (χ1n) is 8.52. The molecule has 124 valence electrons. The van der Waals surface area contributed by atoms with Crippen molar-refractivity contribution in [3.05, 3.63) is 53.1 Å². The third kappa shape index (κ3) is 3.02. The molecule has 1 aliphatic carbocycles. The first-order valence-corrected chi connectivity index (χ1v) is 8.90. The third-order valence-electron chi connectivity index (χ3n) is 4.83. The summed E-state index contributed by atoms with van der Waals surface area (Å²) in [6.45, 7) is 0.0500. The largest absolute Gasteiger partial charge is 0.392 e. The molecule has 0 aliphatic heterocycles. The van der Waals surface area contributed by atoms with Gasteiger partial charge < -0.3 is 15.4 Å². The molecule has 0 radical (unpaired) electrons. The van der Waals surface area contributed by atoms with E-state index in [4.69, 9.17) is 11.6 Å². The van der Waals surface area contributed by atoms with Crippen LogP contribution in [0.4, 0.5) is 5.69 Å². The van der Waals surface area contributed by atoms with Crippen molar-refractivity contribution in [3.8, 4) is 11.3 Å². The van der Waals surface area contributed by atoms with Crippen molar-refractivity contribution in [1.82, 2.24) is 4.98 Å². The molecule has 0 bridgehead atoms. The van der Waals surface area contributed by atoms with Gasteiger partial charge in [-0.1, -0.05) is 42.6 Å². The Balaban J connectivity index is 1.76. The molecule has 4 heteroatoms. The maximum Gasteiger partial charge on any atom is 0.0695 e. The Morgan fingerprint density at radius 3 is 2.75 bits per heavy atom. The number of H-pyrrole nitrogens is 1. The Labute approximate surface area is 146 Å². The molecule has 2 aromatic carbocycles. The third-order valence-corrected chi connectivity index (χ3v) is 5.05. The minimum absolute atomic E-state index is 0.0500. The molecule has 3 aromatic rings. The molecule has 1 aromatic heterocycles. The Morgan fingerprint density at radius 2 is 1.96 bits per heavy atom. The predicted octanol–water partition coefficient (Wildman–Crippen LogP) is 5.34. The number of aromatic nitrogens is 1. The van der Waals surface area contributed by atoms with E-state index in [1.54, 1.807) is 0 Å². The van der Waals surface area contributed by atoms with Crippen molar-refractivity contribution in [2.75, 3.05) is 5.32 Å². The zero-order chi connectivity index (χ0) is 16.5. The van der Waals surface area contributed by atoms with Gasteiger partial charge in [-0.25, -0.2) is 0 Å². The van der Waals surface area contributed by atoms with Gasteiger partial charge in [0.05, 0.1) is 17.8 Å². The summed E-state index contributed by atoms with van der Waals surface area (Å²) in [4.78, 5) is 3.53. The Kier molecular flexibility index (Phi) is 4.21. The van der Waals surface area contributed by atoms with Crippen LogP contribution in [0.25, 0.3) is 22.2 Å². The summed E-state index contributed by atoms with van der Waals surface area (Å²) in [5.74, 6) is 0. The van der Waals surface area contributed by atoms with Crippen LogP contribution in [0.3, 0.4) is 0 Å². The molecule has 1 fully saturated rings. The molecule has 0 atom stereocenters. The second kappa shape index (κ2) is 6.50. The standard InChI is InChI=1S/C20H21ClN2O/c21-16-9-15-10-18(14-5-3-4-13(8-14)12-24)23-20(15)19(11-16)22-17-6-1-2-7-17/h3-5,8-11,17,22-24H,1-2,6-7,12H2. The highest BCUT2D eigenvalue weighted by Gasteiger charge is 2.17. The molecule has 3 N–H and O–H groups in total. The van der Waals surface area contributed by atoms with E-state index in [2.05, 4.69) is 22.4 Å². The van der Waals surface area contributed by atoms with Crippen molar-refractivity contribution in [3.63, 3.8) is 0 Å².